The molecule has 2 atom stereocenters. The number of hydrogen-bond donors (Lipinski definition) is 0. The van der Waals surface area contributed by atoms with E-state index in [1.165, 1.54) is 97.8 Å². The summed E-state index contributed by atoms with van der Waals surface area (Å²) in [5.74, 6) is 0. The third-order valence-corrected chi connectivity index (χ3v) is 16.2. The van der Waals surface area contributed by atoms with Crippen LogP contribution in [0, 0.1) is 6.92 Å². The molecular weight excluding hydrogens is 802 g/mol. The van der Waals surface area contributed by atoms with E-state index in [9.17, 15) is 0 Å². The van der Waals surface area contributed by atoms with Gasteiger partial charge in [0.2, 0.25) is 0 Å². The van der Waals surface area contributed by atoms with E-state index in [4.69, 9.17) is 4.42 Å². The fourth-order valence-corrected chi connectivity index (χ4v) is 13.0. The third kappa shape index (κ3) is 5.11. The molecule has 66 heavy (non-hydrogen) atoms. The first-order valence-electron chi connectivity index (χ1n) is 23.7. The van der Waals surface area contributed by atoms with Crippen LogP contribution in [0.5, 0.6) is 0 Å². The number of para-hydroxylation sites is 3. The van der Waals surface area contributed by atoms with Crippen LogP contribution in [0.4, 0.5) is 45.5 Å². The van der Waals surface area contributed by atoms with Crippen LogP contribution in [0.1, 0.15) is 50.7 Å². The molecule has 1 unspecified atom stereocenters. The maximum absolute atomic E-state index is 6.64. The normalized spacial score (nSPS) is 18.9. The Morgan fingerprint density at radius 1 is 0.545 bits per heavy atom. The standard InChI is InChI=1S/C61H48BN3O/c1-39-34-54-58-55(35-39)65-59-50(60(2)32-11-12-33-61(60,65)3)25-15-26-52(59)62(58)51-31-29-44(37-53(51)64(54)45-28-30-49-48-23-9-10-27-56(48)66-57(49)38-45)63(42-19-5-4-6-20-42)43-21-13-18-41(36-43)47-24-14-17-40-16-7-8-22-46(40)47/h4-10,13-31,34-38H,11-12,32-33H2,1-3H3/t60?,61-/m1/s1. The van der Waals surface area contributed by atoms with Crippen molar-refractivity contribution in [3.63, 3.8) is 0 Å². The maximum Gasteiger partial charge on any atom is 0.252 e. The Morgan fingerprint density at radius 2 is 1.27 bits per heavy atom. The topological polar surface area (TPSA) is 22.9 Å². The van der Waals surface area contributed by atoms with Gasteiger partial charge in [0, 0.05) is 67.8 Å². The Balaban J connectivity index is 1.03. The molecule has 10 aromatic rings. The fraction of sp³-hybridized carbons (Fsp3) is 0.148. The number of furan rings is 1. The molecular formula is C61H48BN3O. The van der Waals surface area contributed by atoms with E-state index in [1.54, 1.807) is 0 Å². The summed E-state index contributed by atoms with van der Waals surface area (Å²) in [4.78, 5) is 7.80. The van der Waals surface area contributed by atoms with Crippen LogP contribution in [0.15, 0.2) is 192 Å². The van der Waals surface area contributed by atoms with Crippen molar-refractivity contribution in [3.8, 4) is 11.1 Å². The third-order valence-electron chi connectivity index (χ3n) is 16.2. The summed E-state index contributed by atoms with van der Waals surface area (Å²) in [6, 6.07) is 69.9. The molecule has 0 spiro atoms. The number of fused-ring (bicyclic) bond motifs is 11. The second-order valence-corrected chi connectivity index (χ2v) is 19.6. The number of anilines is 8. The van der Waals surface area contributed by atoms with E-state index < -0.39 is 0 Å². The van der Waals surface area contributed by atoms with Crippen molar-refractivity contribution in [1.82, 2.24) is 0 Å². The molecule has 0 amide bonds. The summed E-state index contributed by atoms with van der Waals surface area (Å²) in [6.07, 6.45) is 4.90. The smallest absolute Gasteiger partial charge is 0.252 e. The Morgan fingerprint density at radius 3 is 2.18 bits per heavy atom. The van der Waals surface area contributed by atoms with Crippen LogP contribution >= 0.6 is 0 Å². The molecule has 3 aliphatic heterocycles. The predicted molar refractivity (Wildman–Crippen MR) is 278 cm³/mol. The molecule has 4 nitrogen and oxygen atoms in total. The largest absolute Gasteiger partial charge is 0.456 e. The van der Waals surface area contributed by atoms with Crippen LogP contribution in [0.3, 0.4) is 0 Å². The maximum atomic E-state index is 6.64. The zero-order valence-electron chi connectivity index (χ0n) is 37.6. The average Bonchev–Trinajstić information content (AvgIpc) is 3.82. The van der Waals surface area contributed by atoms with Gasteiger partial charge < -0.3 is 19.1 Å². The minimum atomic E-state index is -0.0326. The quantitative estimate of drug-likeness (QED) is 0.161. The van der Waals surface area contributed by atoms with Gasteiger partial charge in [0.1, 0.15) is 11.2 Å². The zero-order chi connectivity index (χ0) is 43.9. The highest BCUT2D eigenvalue weighted by Gasteiger charge is 2.61. The Kier molecular flexibility index (Phi) is 7.89. The molecule has 4 aliphatic rings. The van der Waals surface area contributed by atoms with Gasteiger partial charge in [-0.15, -0.1) is 0 Å². The number of nitrogens with zero attached hydrogens (tertiary/aromatic N) is 3. The molecule has 1 aliphatic carbocycles. The molecule has 0 N–H and O–H groups in total. The van der Waals surface area contributed by atoms with E-state index in [1.807, 2.05) is 0 Å². The molecule has 1 aromatic heterocycles. The van der Waals surface area contributed by atoms with Crippen molar-refractivity contribution < 1.29 is 4.42 Å². The molecule has 9 aromatic carbocycles. The fourth-order valence-electron chi connectivity index (χ4n) is 13.0. The summed E-state index contributed by atoms with van der Waals surface area (Å²) in [6.45, 7) is 7.48. The van der Waals surface area contributed by atoms with Crippen LogP contribution in [-0.4, -0.2) is 12.3 Å². The molecule has 5 heteroatoms. The first-order valence-corrected chi connectivity index (χ1v) is 23.7. The van der Waals surface area contributed by atoms with Gasteiger partial charge in [0.05, 0.1) is 5.54 Å². The second-order valence-electron chi connectivity index (χ2n) is 19.6. The number of aryl methyl sites for hydroxylation is 1. The van der Waals surface area contributed by atoms with Gasteiger partial charge >= 0.3 is 0 Å². The molecule has 0 saturated heterocycles. The number of rotatable bonds is 5. The first-order chi connectivity index (χ1) is 32.4. The van der Waals surface area contributed by atoms with Gasteiger partial charge in [-0.3, -0.25) is 0 Å². The minimum absolute atomic E-state index is 0.0326. The zero-order valence-corrected chi connectivity index (χ0v) is 37.6. The SMILES string of the molecule is Cc1cc2c3c(c1)N1c4c(cccc4C4(C)CCCC[C@@]14C)B3c1ccc(N(c3ccccc3)c3cccc(-c4cccc5ccccc45)c3)cc1N2c1ccc2c(c1)oc1ccccc12. The summed E-state index contributed by atoms with van der Waals surface area (Å²) >= 11 is 0. The lowest BCUT2D eigenvalue weighted by molar-refractivity contribution is 0.195. The highest BCUT2D eigenvalue weighted by atomic mass is 16.3. The number of benzene rings is 9. The van der Waals surface area contributed by atoms with E-state index in [-0.39, 0.29) is 17.7 Å². The number of hydrogen-bond acceptors (Lipinski definition) is 4. The molecule has 0 radical (unpaired) electrons. The van der Waals surface area contributed by atoms with Gasteiger partial charge in [-0.1, -0.05) is 135 Å². The summed E-state index contributed by atoms with van der Waals surface area (Å²) in [5.41, 5.74) is 20.8. The Hall–Kier alpha value is -7.50. The minimum Gasteiger partial charge on any atom is -0.456 e. The Labute approximate surface area is 386 Å². The summed E-state index contributed by atoms with van der Waals surface area (Å²) in [7, 11) is 0. The predicted octanol–water partition coefficient (Wildman–Crippen LogP) is 14.5. The molecule has 1 saturated carbocycles. The van der Waals surface area contributed by atoms with Crippen LogP contribution in [-0.2, 0) is 5.41 Å². The second kappa shape index (κ2) is 13.8. The van der Waals surface area contributed by atoms with Crippen LogP contribution in [0.25, 0.3) is 43.8 Å². The Bertz CT molecular complexity index is 3650. The molecule has 316 valence electrons. The van der Waals surface area contributed by atoms with Crippen LogP contribution < -0.4 is 31.1 Å². The average molecular weight is 850 g/mol. The van der Waals surface area contributed by atoms with E-state index in [0.29, 0.717) is 0 Å². The lowest BCUT2D eigenvalue weighted by Gasteiger charge is -2.52. The van der Waals surface area contributed by atoms with Crippen molar-refractivity contribution in [2.24, 2.45) is 0 Å². The van der Waals surface area contributed by atoms with Gasteiger partial charge in [-0.25, -0.2) is 0 Å². The van der Waals surface area contributed by atoms with E-state index in [0.717, 1.165) is 44.7 Å². The van der Waals surface area contributed by atoms with Crippen LogP contribution in [0.2, 0.25) is 0 Å². The van der Waals surface area contributed by atoms with Crippen molar-refractivity contribution >= 4 is 101 Å². The molecule has 4 heterocycles. The lowest BCUT2D eigenvalue weighted by atomic mass is 9.33. The van der Waals surface area contributed by atoms with Crippen molar-refractivity contribution in [2.45, 2.75) is 57.4 Å². The van der Waals surface area contributed by atoms with Gasteiger partial charge in [0.25, 0.3) is 6.71 Å². The van der Waals surface area contributed by atoms with E-state index in [2.05, 4.69) is 224 Å². The van der Waals surface area contributed by atoms with Crippen molar-refractivity contribution in [2.75, 3.05) is 14.7 Å². The van der Waals surface area contributed by atoms with Crippen molar-refractivity contribution in [1.29, 1.82) is 0 Å². The summed E-state index contributed by atoms with van der Waals surface area (Å²) in [5, 5.41) is 4.77. The first kappa shape index (κ1) is 37.8. The van der Waals surface area contributed by atoms with Gasteiger partial charge in [0.15, 0.2) is 0 Å². The lowest BCUT2D eigenvalue weighted by Crippen LogP contribution is -2.64. The van der Waals surface area contributed by atoms with E-state index >= 15 is 0 Å². The highest BCUT2D eigenvalue weighted by molar-refractivity contribution is 7.00. The molecule has 0 bridgehead atoms. The van der Waals surface area contributed by atoms with Gasteiger partial charge in [-0.2, -0.15) is 0 Å². The van der Waals surface area contributed by atoms with Crippen molar-refractivity contribution in [3.05, 3.63) is 199 Å². The van der Waals surface area contributed by atoms with Gasteiger partial charge in [-0.05, 0) is 143 Å². The highest BCUT2D eigenvalue weighted by Crippen LogP contribution is 2.62. The summed E-state index contributed by atoms with van der Waals surface area (Å²) < 4.78 is 6.64. The molecule has 1 fully saturated rings. The molecule has 14 rings (SSSR count). The monoisotopic (exact) mass is 849 g/mol.